The van der Waals surface area contributed by atoms with Gasteiger partial charge in [0.15, 0.2) is 0 Å². The molecule has 2 heterocycles. The minimum absolute atomic E-state index is 0.201. The molecule has 0 aliphatic rings. The van der Waals surface area contributed by atoms with Crippen molar-refractivity contribution in [3.63, 3.8) is 0 Å². The summed E-state index contributed by atoms with van der Waals surface area (Å²) >= 11 is 0. The molecule has 2 aromatic heterocycles. The molecule has 146 valence electrons. The molecule has 0 radical (unpaired) electrons. The summed E-state index contributed by atoms with van der Waals surface area (Å²) in [6.07, 6.45) is 1.76. The Morgan fingerprint density at radius 1 is 0.862 bits per heavy atom. The highest BCUT2D eigenvalue weighted by atomic mass is 16.3. The van der Waals surface area contributed by atoms with Crippen LogP contribution in [0.3, 0.4) is 0 Å². The maximum absolute atomic E-state index is 11.1. The Bertz CT molecular complexity index is 1120. The van der Waals surface area contributed by atoms with Crippen molar-refractivity contribution in [2.45, 2.75) is 32.7 Å². The van der Waals surface area contributed by atoms with Gasteiger partial charge < -0.3 is 10.4 Å². The van der Waals surface area contributed by atoms with E-state index in [1.54, 1.807) is 6.20 Å². The molecule has 0 aliphatic heterocycles. The van der Waals surface area contributed by atoms with Crippen LogP contribution in [0.1, 0.15) is 48.2 Å². The Kier molecular flexibility index (Phi) is 5.17. The molecule has 0 spiro atoms. The maximum Gasteiger partial charge on any atom is 0.147 e. The first-order valence-electron chi connectivity index (χ1n) is 9.89. The van der Waals surface area contributed by atoms with E-state index in [1.807, 2.05) is 49.4 Å². The van der Waals surface area contributed by atoms with Crippen LogP contribution in [0.4, 0.5) is 5.82 Å². The highest BCUT2D eigenvalue weighted by molar-refractivity contribution is 5.86. The van der Waals surface area contributed by atoms with Crippen LogP contribution in [-0.4, -0.2) is 15.1 Å². The molecule has 1 atom stereocenters. The largest absolute Gasteiger partial charge is 0.505 e. The third kappa shape index (κ3) is 3.92. The molecule has 4 heteroatoms. The van der Waals surface area contributed by atoms with Gasteiger partial charge in [-0.3, -0.25) is 0 Å². The molecule has 4 nitrogen and oxygen atoms in total. The molecule has 0 fully saturated rings. The number of fused-ring (bicyclic) bond motifs is 1. The molecule has 0 amide bonds. The van der Waals surface area contributed by atoms with E-state index in [1.165, 1.54) is 5.56 Å². The van der Waals surface area contributed by atoms with Crippen LogP contribution >= 0.6 is 0 Å². The number of aryl methyl sites for hydroxylation is 1. The number of pyridine rings is 2. The normalized spacial score (nSPS) is 12.3. The van der Waals surface area contributed by atoms with Crippen molar-refractivity contribution >= 4 is 16.7 Å². The summed E-state index contributed by atoms with van der Waals surface area (Å²) in [6.45, 7) is 6.30. The fourth-order valence-electron chi connectivity index (χ4n) is 3.53. The summed E-state index contributed by atoms with van der Waals surface area (Å²) in [7, 11) is 0. The second kappa shape index (κ2) is 7.92. The predicted molar refractivity (Wildman–Crippen MR) is 118 cm³/mol. The van der Waals surface area contributed by atoms with Crippen molar-refractivity contribution in [2.24, 2.45) is 0 Å². The van der Waals surface area contributed by atoms with Crippen molar-refractivity contribution in [1.82, 2.24) is 9.97 Å². The lowest BCUT2D eigenvalue weighted by atomic mass is 9.93. The lowest BCUT2D eigenvalue weighted by Crippen LogP contribution is -2.14. The van der Waals surface area contributed by atoms with Crippen molar-refractivity contribution < 1.29 is 5.11 Å². The Hall–Kier alpha value is -3.40. The summed E-state index contributed by atoms with van der Waals surface area (Å²) in [5.74, 6) is 1.42. The maximum atomic E-state index is 11.1. The summed E-state index contributed by atoms with van der Waals surface area (Å²) in [6, 6.07) is 21.9. The Morgan fingerprint density at radius 3 is 2.28 bits per heavy atom. The van der Waals surface area contributed by atoms with Gasteiger partial charge in [0.1, 0.15) is 17.1 Å². The smallest absolute Gasteiger partial charge is 0.147 e. The quantitative estimate of drug-likeness (QED) is 0.446. The number of benzene rings is 2. The first-order valence-corrected chi connectivity index (χ1v) is 9.89. The molecule has 2 N–H and O–H groups in total. The number of rotatable bonds is 5. The number of phenolic OH excluding ortho intramolecular Hbond substituents is 1. The van der Waals surface area contributed by atoms with E-state index in [9.17, 15) is 5.11 Å². The van der Waals surface area contributed by atoms with Gasteiger partial charge in [-0.2, -0.15) is 0 Å². The van der Waals surface area contributed by atoms with Crippen molar-refractivity contribution in [1.29, 1.82) is 0 Å². The summed E-state index contributed by atoms with van der Waals surface area (Å²) in [4.78, 5) is 8.98. The van der Waals surface area contributed by atoms with Crippen molar-refractivity contribution in [3.05, 3.63) is 95.3 Å². The van der Waals surface area contributed by atoms with Crippen molar-refractivity contribution in [3.8, 4) is 5.75 Å². The molecule has 0 aliphatic carbocycles. The molecule has 4 aromatic rings. The van der Waals surface area contributed by atoms with Gasteiger partial charge in [0, 0.05) is 22.8 Å². The average molecular weight is 383 g/mol. The second-order valence-electron chi connectivity index (χ2n) is 7.64. The molecule has 4 rings (SSSR count). The minimum Gasteiger partial charge on any atom is -0.505 e. The zero-order chi connectivity index (χ0) is 20.4. The third-order valence-electron chi connectivity index (χ3n) is 5.21. The Morgan fingerprint density at radius 2 is 1.59 bits per heavy atom. The number of anilines is 1. The molecule has 0 saturated carbocycles. The van der Waals surface area contributed by atoms with Gasteiger partial charge in [-0.05, 0) is 42.2 Å². The number of aromatic nitrogens is 2. The van der Waals surface area contributed by atoms with Gasteiger partial charge in [0.05, 0.1) is 6.04 Å². The number of phenols is 1. The first-order chi connectivity index (χ1) is 14.0. The molecule has 2 aromatic carbocycles. The third-order valence-corrected chi connectivity index (χ3v) is 5.21. The highest BCUT2D eigenvalue weighted by Crippen LogP contribution is 2.36. The second-order valence-corrected chi connectivity index (χ2v) is 7.64. The van der Waals surface area contributed by atoms with Gasteiger partial charge in [0.2, 0.25) is 0 Å². The van der Waals surface area contributed by atoms with E-state index in [2.05, 4.69) is 53.4 Å². The monoisotopic (exact) mass is 383 g/mol. The number of aromatic hydroxyl groups is 1. The summed E-state index contributed by atoms with van der Waals surface area (Å²) in [5.41, 5.74) is 4.61. The fourth-order valence-corrected chi connectivity index (χ4v) is 3.53. The molecule has 29 heavy (non-hydrogen) atoms. The van der Waals surface area contributed by atoms with Crippen LogP contribution < -0.4 is 5.32 Å². The lowest BCUT2D eigenvalue weighted by molar-refractivity contribution is 0.471. The van der Waals surface area contributed by atoms with Crippen molar-refractivity contribution in [2.75, 3.05) is 5.32 Å². The summed E-state index contributed by atoms with van der Waals surface area (Å²) < 4.78 is 0. The molecular weight excluding hydrogens is 358 g/mol. The van der Waals surface area contributed by atoms with Gasteiger partial charge in [-0.15, -0.1) is 0 Å². The average Bonchev–Trinajstić information content (AvgIpc) is 2.74. The summed E-state index contributed by atoms with van der Waals surface area (Å²) in [5, 5.41) is 15.5. The predicted octanol–water partition coefficient (Wildman–Crippen LogP) is 5.97. The van der Waals surface area contributed by atoms with Crippen LogP contribution in [0.5, 0.6) is 5.75 Å². The van der Waals surface area contributed by atoms with Gasteiger partial charge in [-0.1, -0.05) is 62.4 Å². The van der Waals surface area contributed by atoms with E-state index in [4.69, 9.17) is 0 Å². The minimum atomic E-state index is -0.252. The number of hydrogen-bond acceptors (Lipinski definition) is 4. The van der Waals surface area contributed by atoms with Gasteiger partial charge in [0.25, 0.3) is 0 Å². The van der Waals surface area contributed by atoms with E-state index in [0.29, 0.717) is 11.4 Å². The highest BCUT2D eigenvalue weighted by Gasteiger charge is 2.20. The zero-order valence-electron chi connectivity index (χ0n) is 16.9. The van der Waals surface area contributed by atoms with Crippen LogP contribution in [0, 0.1) is 6.92 Å². The Labute approximate surface area is 171 Å². The lowest BCUT2D eigenvalue weighted by Gasteiger charge is -2.22. The van der Waals surface area contributed by atoms with Gasteiger partial charge >= 0.3 is 0 Å². The van der Waals surface area contributed by atoms with E-state index < -0.39 is 0 Å². The molecule has 0 unspecified atom stereocenters. The first kappa shape index (κ1) is 18.9. The van der Waals surface area contributed by atoms with Crippen LogP contribution in [-0.2, 0) is 0 Å². The van der Waals surface area contributed by atoms with E-state index in [-0.39, 0.29) is 11.8 Å². The van der Waals surface area contributed by atoms with Gasteiger partial charge in [-0.25, -0.2) is 9.97 Å². The standard InChI is InChI=1S/C25H25N3O/c1-16(2)18-9-11-19(12-10-18)23(28-22-6-4-5-15-26-22)21-14-13-20-8-7-17(3)27-24(20)25(21)29/h4-16,23,29H,1-3H3,(H,26,28)/t23-/m1/s1. The SMILES string of the molecule is Cc1ccc2ccc([C@H](Nc3ccccn3)c3ccc(C(C)C)cc3)c(O)c2n1. The van der Waals surface area contributed by atoms with Crippen LogP contribution in [0.2, 0.25) is 0 Å². The molecular formula is C25H25N3O. The van der Waals surface area contributed by atoms with E-state index in [0.717, 1.165) is 28.0 Å². The number of nitrogens with one attached hydrogen (secondary N) is 1. The van der Waals surface area contributed by atoms with Crippen LogP contribution in [0.25, 0.3) is 10.9 Å². The number of hydrogen-bond donors (Lipinski definition) is 2. The van der Waals surface area contributed by atoms with E-state index >= 15 is 0 Å². The number of nitrogens with zero attached hydrogens (tertiary/aromatic N) is 2. The molecule has 0 bridgehead atoms. The molecule has 0 saturated heterocycles. The zero-order valence-corrected chi connectivity index (χ0v) is 16.9. The Balaban J connectivity index is 1.83. The fraction of sp³-hybridized carbons (Fsp3) is 0.200. The van der Waals surface area contributed by atoms with Crippen LogP contribution in [0.15, 0.2) is 72.9 Å². The topological polar surface area (TPSA) is 58.0 Å².